The molecule has 5 aromatic rings. The number of thiophene rings is 1. The minimum atomic E-state index is -0.315. The maximum Gasteiger partial charge on any atom is 0.247 e. The number of hydrogen-bond donors (Lipinski definition) is 2. The smallest absolute Gasteiger partial charge is 0.247 e. The molecular formula is C27H29N9O2S. The third kappa shape index (κ3) is 5.38. The number of nitrogens with zero attached hydrogens (tertiary/aromatic N) is 7. The highest BCUT2D eigenvalue weighted by atomic mass is 32.1. The Morgan fingerprint density at radius 1 is 1.10 bits per heavy atom. The number of carbonyl (C=O) groups is 1. The number of aromatic nitrogens is 5. The summed E-state index contributed by atoms with van der Waals surface area (Å²) in [6.07, 6.45) is 1.24. The molecule has 1 amide bonds. The summed E-state index contributed by atoms with van der Waals surface area (Å²) < 4.78 is 8.35. The van der Waals surface area contributed by atoms with Gasteiger partial charge in [-0.15, -0.1) is 16.4 Å². The van der Waals surface area contributed by atoms with Crippen molar-refractivity contribution in [1.29, 1.82) is 0 Å². The van der Waals surface area contributed by atoms with E-state index in [1.165, 1.54) is 17.4 Å². The number of nitrogens with one attached hydrogen (secondary N) is 2. The first-order valence-corrected chi connectivity index (χ1v) is 13.1. The van der Waals surface area contributed by atoms with Crippen LogP contribution in [0.1, 0.15) is 0 Å². The molecular weight excluding hydrogens is 514 g/mol. The quantitative estimate of drug-likeness (QED) is 0.249. The van der Waals surface area contributed by atoms with Crippen molar-refractivity contribution < 1.29 is 9.53 Å². The van der Waals surface area contributed by atoms with Crippen molar-refractivity contribution in [3.05, 3.63) is 60.5 Å². The Balaban J connectivity index is 1.58. The van der Waals surface area contributed by atoms with Gasteiger partial charge in [0.1, 0.15) is 11.3 Å². The highest BCUT2D eigenvalue weighted by Crippen LogP contribution is 2.38. The van der Waals surface area contributed by atoms with Crippen LogP contribution in [-0.2, 0) is 4.79 Å². The number of amides is 1. The van der Waals surface area contributed by atoms with E-state index in [9.17, 15) is 4.79 Å². The van der Waals surface area contributed by atoms with E-state index in [0.29, 0.717) is 28.9 Å². The van der Waals surface area contributed by atoms with E-state index < -0.39 is 0 Å². The number of methoxy groups -OCH3 is 1. The molecule has 11 nitrogen and oxygen atoms in total. The van der Waals surface area contributed by atoms with Gasteiger partial charge in [-0.3, -0.25) is 4.79 Å². The molecule has 12 heteroatoms. The molecule has 0 bridgehead atoms. The first kappa shape index (κ1) is 26.1. The Morgan fingerprint density at radius 2 is 1.92 bits per heavy atom. The Morgan fingerprint density at radius 3 is 2.69 bits per heavy atom. The van der Waals surface area contributed by atoms with Crippen molar-refractivity contribution in [2.75, 3.05) is 56.9 Å². The molecule has 0 aliphatic rings. The minimum Gasteiger partial charge on any atom is -0.494 e. The maximum absolute atomic E-state index is 12.3. The molecule has 5 rings (SSSR count). The fourth-order valence-electron chi connectivity index (χ4n) is 4.10. The van der Waals surface area contributed by atoms with Crippen molar-refractivity contribution >= 4 is 61.5 Å². The normalized spacial score (nSPS) is 11.2. The summed E-state index contributed by atoms with van der Waals surface area (Å²) in [6, 6.07) is 13.4. The molecule has 0 spiro atoms. The van der Waals surface area contributed by atoms with Gasteiger partial charge in [-0.25, -0.2) is 4.98 Å². The molecule has 0 radical (unpaired) electrons. The van der Waals surface area contributed by atoms with Crippen LogP contribution in [0.2, 0.25) is 0 Å². The minimum absolute atomic E-state index is 0.315. The molecule has 2 N–H and O–H groups in total. The lowest BCUT2D eigenvalue weighted by molar-refractivity contribution is -0.111. The number of carbonyl (C=O) groups excluding carboxylic acids is 1. The zero-order valence-corrected chi connectivity index (χ0v) is 23.0. The largest absolute Gasteiger partial charge is 0.494 e. The SMILES string of the molecule is C=CC(=O)Nc1cc(Nc2nc(-n3nnc4ccccc43)c3sccc3n2)c(OC)cc1N(C)CCN(C)C. The summed E-state index contributed by atoms with van der Waals surface area (Å²) in [7, 11) is 7.60. The summed E-state index contributed by atoms with van der Waals surface area (Å²) in [6.45, 7) is 5.17. The van der Waals surface area contributed by atoms with Gasteiger partial charge in [0.25, 0.3) is 0 Å². The predicted octanol–water partition coefficient (Wildman–Crippen LogP) is 4.30. The van der Waals surface area contributed by atoms with Crippen LogP contribution in [0.4, 0.5) is 23.0 Å². The molecule has 0 saturated heterocycles. The van der Waals surface area contributed by atoms with Crippen molar-refractivity contribution in [1.82, 2.24) is 29.9 Å². The summed E-state index contributed by atoms with van der Waals surface area (Å²) in [5.41, 5.74) is 4.38. The van der Waals surface area contributed by atoms with E-state index in [2.05, 4.69) is 37.3 Å². The number of para-hydroxylation sites is 1. The molecule has 0 fully saturated rings. The van der Waals surface area contributed by atoms with Crippen LogP contribution in [0, 0.1) is 0 Å². The van der Waals surface area contributed by atoms with Gasteiger partial charge in [0, 0.05) is 26.2 Å². The zero-order valence-electron chi connectivity index (χ0n) is 22.2. The van der Waals surface area contributed by atoms with Gasteiger partial charge < -0.3 is 25.2 Å². The molecule has 3 aromatic heterocycles. The van der Waals surface area contributed by atoms with E-state index >= 15 is 0 Å². The zero-order chi connectivity index (χ0) is 27.5. The number of likely N-dealkylation sites (N-methyl/N-ethyl adjacent to an activating group) is 2. The molecule has 3 heterocycles. The fourth-order valence-corrected chi connectivity index (χ4v) is 4.90. The second kappa shape index (κ2) is 11.1. The van der Waals surface area contributed by atoms with Crippen molar-refractivity contribution in [3.8, 4) is 11.6 Å². The highest BCUT2D eigenvalue weighted by molar-refractivity contribution is 7.17. The van der Waals surface area contributed by atoms with E-state index in [1.807, 2.05) is 69.0 Å². The second-order valence-electron chi connectivity index (χ2n) is 9.11. The van der Waals surface area contributed by atoms with Gasteiger partial charge in [-0.2, -0.15) is 9.67 Å². The van der Waals surface area contributed by atoms with Crippen LogP contribution in [-0.4, -0.2) is 77.1 Å². The van der Waals surface area contributed by atoms with Crippen LogP contribution in [0.25, 0.3) is 27.1 Å². The molecule has 0 atom stereocenters. The van der Waals surface area contributed by atoms with Crippen LogP contribution < -0.4 is 20.3 Å². The van der Waals surface area contributed by atoms with Crippen molar-refractivity contribution in [2.24, 2.45) is 0 Å². The Bertz CT molecular complexity index is 1660. The number of hydrogen-bond acceptors (Lipinski definition) is 10. The molecule has 0 saturated carbocycles. The molecule has 0 unspecified atom stereocenters. The van der Waals surface area contributed by atoms with Crippen LogP contribution in [0.15, 0.2) is 60.5 Å². The van der Waals surface area contributed by atoms with Gasteiger partial charge in [0.05, 0.1) is 39.9 Å². The average molecular weight is 544 g/mol. The van der Waals surface area contributed by atoms with Crippen molar-refractivity contribution in [3.63, 3.8) is 0 Å². The third-order valence-corrected chi connectivity index (χ3v) is 7.04. The lowest BCUT2D eigenvalue weighted by Crippen LogP contribution is -2.29. The van der Waals surface area contributed by atoms with Gasteiger partial charge in [0.15, 0.2) is 5.82 Å². The van der Waals surface area contributed by atoms with Gasteiger partial charge in [0.2, 0.25) is 11.9 Å². The predicted molar refractivity (Wildman–Crippen MR) is 157 cm³/mol. The molecule has 0 aliphatic carbocycles. The molecule has 200 valence electrons. The van der Waals surface area contributed by atoms with E-state index in [0.717, 1.165) is 40.0 Å². The van der Waals surface area contributed by atoms with Crippen molar-refractivity contribution in [2.45, 2.75) is 0 Å². The maximum atomic E-state index is 12.3. The Labute approximate surface area is 229 Å². The number of benzene rings is 2. The first-order valence-electron chi connectivity index (χ1n) is 12.2. The van der Waals surface area contributed by atoms with E-state index in [1.54, 1.807) is 11.8 Å². The standard InChI is InChI=1S/C27H29N9O2S/c1-6-24(37)28-19-15-20(23(38-5)16-22(19)35(4)13-12-34(2)3)30-27-29-18-11-14-39-25(18)26(31-27)36-21-10-8-7-9-17(21)32-33-36/h6-11,14-16H,1,12-13H2,2-5H3,(H,28,37)(H,29,30,31). The van der Waals surface area contributed by atoms with Crippen LogP contribution in [0.3, 0.4) is 0 Å². The molecule has 2 aromatic carbocycles. The highest BCUT2D eigenvalue weighted by Gasteiger charge is 2.19. The van der Waals surface area contributed by atoms with Crippen LogP contribution >= 0.6 is 11.3 Å². The lowest BCUT2D eigenvalue weighted by atomic mass is 10.2. The molecule has 0 aliphatic heterocycles. The molecule has 39 heavy (non-hydrogen) atoms. The first-order chi connectivity index (χ1) is 18.9. The monoisotopic (exact) mass is 543 g/mol. The topological polar surface area (TPSA) is 113 Å². The Kier molecular flexibility index (Phi) is 7.39. The van der Waals surface area contributed by atoms with E-state index in [-0.39, 0.29) is 5.91 Å². The third-order valence-electron chi connectivity index (χ3n) is 6.14. The number of fused-ring (bicyclic) bond motifs is 2. The summed E-state index contributed by atoms with van der Waals surface area (Å²) in [5.74, 6) is 1.22. The summed E-state index contributed by atoms with van der Waals surface area (Å²) in [5, 5.41) is 16.8. The second-order valence-corrected chi connectivity index (χ2v) is 10.0. The summed E-state index contributed by atoms with van der Waals surface area (Å²) >= 11 is 1.53. The number of anilines is 4. The van der Waals surface area contributed by atoms with Gasteiger partial charge in [-0.1, -0.05) is 23.9 Å². The lowest BCUT2D eigenvalue weighted by Gasteiger charge is -2.26. The van der Waals surface area contributed by atoms with Crippen LogP contribution in [0.5, 0.6) is 5.75 Å². The average Bonchev–Trinajstić information content (AvgIpc) is 3.58. The summed E-state index contributed by atoms with van der Waals surface area (Å²) in [4.78, 5) is 26.0. The van der Waals surface area contributed by atoms with E-state index in [4.69, 9.17) is 14.7 Å². The number of rotatable bonds is 10. The fraction of sp³-hybridized carbons (Fsp3) is 0.222. The van der Waals surface area contributed by atoms with Gasteiger partial charge >= 0.3 is 0 Å². The van der Waals surface area contributed by atoms with Gasteiger partial charge in [-0.05, 0) is 49.8 Å². The Hall–Kier alpha value is -4.55. The number of ether oxygens (including phenoxy) is 1.